The molecule has 1 rings (SSSR count). The number of nitrogens with zero attached hydrogens (tertiary/aromatic N) is 1. The van der Waals surface area contributed by atoms with Gasteiger partial charge in [-0.1, -0.05) is 12.1 Å². The van der Waals surface area contributed by atoms with Gasteiger partial charge in [0.2, 0.25) is 0 Å². The van der Waals surface area contributed by atoms with Crippen LogP contribution in [0.1, 0.15) is 23.2 Å². The van der Waals surface area contributed by atoms with Gasteiger partial charge in [0.15, 0.2) is 0 Å². The van der Waals surface area contributed by atoms with Crippen molar-refractivity contribution in [2.45, 2.75) is 12.8 Å². The van der Waals surface area contributed by atoms with E-state index in [0.29, 0.717) is 30.7 Å². The number of hydrogen-bond donors (Lipinski definition) is 1. The van der Waals surface area contributed by atoms with E-state index in [4.69, 9.17) is 10.00 Å². The SMILES string of the molecule is COc1ccccc1C(=O)NCCCC#N. The number of benzene rings is 1. The first kappa shape index (κ1) is 12.1. The Labute approximate surface area is 94.8 Å². The molecule has 0 aromatic heterocycles. The van der Waals surface area contributed by atoms with Gasteiger partial charge in [-0.25, -0.2) is 0 Å². The van der Waals surface area contributed by atoms with E-state index in [1.165, 1.54) is 7.11 Å². The monoisotopic (exact) mass is 218 g/mol. The largest absolute Gasteiger partial charge is 0.496 e. The van der Waals surface area contributed by atoms with Crippen LogP contribution in [0.15, 0.2) is 24.3 Å². The van der Waals surface area contributed by atoms with E-state index in [0.717, 1.165) is 0 Å². The number of amides is 1. The van der Waals surface area contributed by atoms with Gasteiger partial charge in [-0.3, -0.25) is 4.79 Å². The fourth-order valence-corrected chi connectivity index (χ4v) is 1.30. The van der Waals surface area contributed by atoms with Gasteiger partial charge < -0.3 is 10.1 Å². The average molecular weight is 218 g/mol. The van der Waals surface area contributed by atoms with Gasteiger partial charge in [0.05, 0.1) is 18.7 Å². The lowest BCUT2D eigenvalue weighted by molar-refractivity contribution is 0.0950. The molecular weight excluding hydrogens is 204 g/mol. The molecule has 0 aliphatic carbocycles. The number of rotatable bonds is 5. The molecule has 84 valence electrons. The quantitative estimate of drug-likeness (QED) is 0.765. The molecule has 1 N–H and O–H groups in total. The van der Waals surface area contributed by atoms with Crippen LogP contribution in [0.3, 0.4) is 0 Å². The zero-order valence-electron chi connectivity index (χ0n) is 9.19. The fourth-order valence-electron chi connectivity index (χ4n) is 1.30. The Morgan fingerprint density at radius 1 is 1.50 bits per heavy atom. The average Bonchev–Trinajstić information content (AvgIpc) is 2.34. The summed E-state index contributed by atoms with van der Waals surface area (Å²) in [5.41, 5.74) is 0.516. The third-order valence-electron chi connectivity index (χ3n) is 2.10. The molecule has 0 saturated carbocycles. The highest BCUT2D eigenvalue weighted by atomic mass is 16.5. The summed E-state index contributed by atoms with van der Waals surface area (Å²) in [4.78, 5) is 11.7. The van der Waals surface area contributed by atoms with Gasteiger partial charge in [0, 0.05) is 13.0 Å². The lowest BCUT2D eigenvalue weighted by Crippen LogP contribution is -2.24. The summed E-state index contributed by atoms with van der Waals surface area (Å²) in [6.45, 7) is 0.504. The highest BCUT2D eigenvalue weighted by molar-refractivity contribution is 5.96. The first-order valence-electron chi connectivity index (χ1n) is 5.07. The Kier molecular flexibility index (Phi) is 4.87. The van der Waals surface area contributed by atoms with Crippen molar-refractivity contribution in [1.82, 2.24) is 5.32 Å². The lowest BCUT2D eigenvalue weighted by Gasteiger charge is -2.08. The van der Waals surface area contributed by atoms with Crippen LogP contribution in [0.5, 0.6) is 5.75 Å². The first-order chi connectivity index (χ1) is 7.79. The number of hydrogen-bond acceptors (Lipinski definition) is 3. The van der Waals surface area contributed by atoms with E-state index >= 15 is 0 Å². The summed E-state index contributed by atoms with van der Waals surface area (Å²) in [6, 6.07) is 9.07. The van der Waals surface area contributed by atoms with Gasteiger partial charge in [-0.05, 0) is 18.6 Å². The van der Waals surface area contributed by atoms with Crippen LogP contribution in [0.2, 0.25) is 0 Å². The number of ether oxygens (including phenoxy) is 1. The van der Waals surface area contributed by atoms with E-state index in [1.54, 1.807) is 18.2 Å². The molecule has 1 aromatic carbocycles. The van der Waals surface area contributed by atoms with Crippen LogP contribution in [-0.2, 0) is 0 Å². The minimum absolute atomic E-state index is 0.171. The van der Waals surface area contributed by atoms with Crippen LogP contribution < -0.4 is 10.1 Å². The topological polar surface area (TPSA) is 62.1 Å². The number of nitrogens with one attached hydrogen (secondary N) is 1. The molecule has 0 saturated heterocycles. The van der Waals surface area contributed by atoms with Crippen LogP contribution in [0, 0.1) is 11.3 Å². The number of para-hydroxylation sites is 1. The number of carbonyl (C=O) groups is 1. The molecule has 0 radical (unpaired) electrons. The molecule has 0 spiro atoms. The standard InChI is InChI=1S/C12H14N2O2/c1-16-11-7-3-2-6-10(11)12(15)14-9-5-4-8-13/h2-3,6-7H,4-5,9H2,1H3,(H,14,15). The van der Waals surface area contributed by atoms with Crippen molar-refractivity contribution >= 4 is 5.91 Å². The van der Waals surface area contributed by atoms with Crippen molar-refractivity contribution in [1.29, 1.82) is 5.26 Å². The molecule has 0 unspecified atom stereocenters. The normalized spacial score (nSPS) is 9.25. The van der Waals surface area contributed by atoms with Crippen LogP contribution in [0.25, 0.3) is 0 Å². The Bertz CT molecular complexity index is 396. The maximum absolute atomic E-state index is 11.7. The third-order valence-corrected chi connectivity index (χ3v) is 2.10. The van der Waals surface area contributed by atoms with Gasteiger partial charge in [-0.2, -0.15) is 5.26 Å². The summed E-state index contributed by atoms with van der Waals surface area (Å²) in [5.74, 6) is 0.385. The minimum Gasteiger partial charge on any atom is -0.496 e. The molecule has 0 atom stereocenters. The van der Waals surface area contributed by atoms with E-state index in [-0.39, 0.29) is 5.91 Å². The summed E-state index contributed by atoms with van der Waals surface area (Å²) in [5, 5.41) is 11.1. The molecule has 0 fully saturated rings. The highest BCUT2D eigenvalue weighted by Crippen LogP contribution is 2.16. The Balaban J connectivity index is 2.56. The molecule has 16 heavy (non-hydrogen) atoms. The van der Waals surface area contributed by atoms with Crippen molar-refractivity contribution in [2.24, 2.45) is 0 Å². The summed E-state index contributed by atoms with van der Waals surface area (Å²) >= 11 is 0. The predicted octanol–water partition coefficient (Wildman–Crippen LogP) is 1.73. The second-order valence-corrected chi connectivity index (χ2v) is 3.22. The number of unbranched alkanes of at least 4 members (excludes halogenated alkanes) is 1. The van der Waals surface area contributed by atoms with Gasteiger partial charge in [0.1, 0.15) is 5.75 Å². The summed E-state index contributed by atoms with van der Waals surface area (Å²) in [6.07, 6.45) is 1.11. The zero-order valence-corrected chi connectivity index (χ0v) is 9.19. The molecule has 0 heterocycles. The molecule has 4 heteroatoms. The number of nitriles is 1. The predicted molar refractivity (Wildman–Crippen MR) is 60.2 cm³/mol. The Hall–Kier alpha value is -2.02. The smallest absolute Gasteiger partial charge is 0.255 e. The third kappa shape index (κ3) is 3.28. The van der Waals surface area contributed by atoms with Crippen molar-refractivity contribution in [2.75, 3.05) is 13.7 Å². The Morgan fingerprint density at radius 3 is 2.94 bits per heavy atom. The highest BCUT2D eigenvalue weighted by Gasteiger charge is 2.09. The minimum atomic E-state index is -0.171. The fraction of sp³-hybridized carbons (Fsp3) is 0.333. The van der Waals surface area contributed by atoms with E-state index in [2.05, 4.69) is 5.32 Å². The summed E-state index contributed by atoms with van der Waals surface area (Å²) < 4.78 is 5.08. The summed E-state index contributed by atoms with van der Waals surface area (Å²) in [7, 11) is 1.53. The van der Waals surface area contributed by atoms with E-state index < -0.39 is 0 Å². The maximum atomic E-state index is 11.7. The van der Waals surface area contributed by atoms with Crippen LogP contribution in [0.4, 0.5) is 0 Å². The van der Waals surface area contributed by atoms with Crippen LogP contribution in [-0.4, -0.2) is 19.6 Å². The second kappa shape index (κ2) is 6.46. The molecule has 0 aliphatic rings. The van der Waals surface area contributed by atoms with Crippen molar-refractivity contribution < 1.29 is 9.53 Å². The maximum Gasteiger partial charge on any atom is 0.255 e. The molecular formula is C12H14N2O2. The molecule has 1 amide bonds. The van der Waals surface area contributed by atoms with Gasteiger partial charge in [0.25, 0.3) is 5.91 Å². The lowest BCUT2D eigenvalue weighted by atomic mass is 10.2. The molecule has 0 bridgehead atoms. The first-order valence-corrected chi connectivity index (χ1v) is 5.07. The zero-order chi connectivity index (χ0) is 11.8. The molecule has 1 aromatic rings. The Morgan fingerprint density at radius 2 is 2.25 bits per heavy atom. The van der Waals surface area contributed by atoms with Gasteiger partial charge in [-0.15, -0.1) is 0 Å². The van der Waals surface area contributed by atoms with Gasteiger partial charge >= 0.3 is 0 Å². The molecule has 0 aliphatic heterocycles. The number of methoxy groups -OCH3 is 1. The van der Waals surface area contributed by atoms with Crippen molar-refractivity contribution in [3.63, 3.8) is 0 Å². The van der Waals surface area contributed by atoms with Crippen LogP contribution >= 0.6 is 0 Å². The molecule has 4 nitrogen and oxygen atoms in total. The van der Waals surface area contributed by atoms with Crippen molar-refractivity contribution in [3.05, 3.63) is 29.8 Å². The second-order valence-electron chi connectivity index (χ2n) is 3.22. The van der Waals surface area contributed by atoms with Crippen molar-refractivity contribution in [3.8, 4) is 11.8 Å². The van der Waals surface area contributed by atoms with E-state index in [9.17, 15) is 4.79 Å². The van der Waals surface area contributed by atoms with E-state index in [1.807, 2.05) is 12.1 Å². The number of carbonyl (C=O) groups excluding carboxylic acids is 1.